The zero-order valence-electron chi connectivity index (χ0n) is 19.4. The van der Waals surface area contributed by atoms with Crippen molar-refractivity contribution in [1.82, 2.24) is 30.3 Å². The average molecular weight is 434 g/mol. The van der Waals surface area contributed by atoms with Crippen LogP contribution in [0.5, 0.6) is 0 Å². The van der Waals surface area contributed by atoms with Crippen LogP contribution < -0.4 is 10.6 Å². The van der Waals surface area contributed by atoms with Crippen molar-refractivity contribution in [2.45, 2.75) is 64.6 Å². The van der Waals surface area contributed by atoms with Gasteiger partial charge in [0.25, 0.3) is 0 Å². The lowest BCUT2D eigenvalue weighted by Gasteiger charge is -2.54. The number of aliphatic imine (C=N–C) groups is 1. The first-order chi connectivity index (χ1) is 15.1. The lowest BCUT2D eigenvalue weighted by atomic mass is 9.60. The molecule has 0 bridgehead atoms. The number of nitrogens with zero attached hydrogens (tertiary/aromatic N) is 5. The standard InChI is InChI=1S/C22H39N7O2/c1-4-31-19-15-18(22(19)7-5-6-8-22)25-21(23-9-10-29-11-13-30-14-12-29)24-16-20-27-26-17(2)28(20)3/h18-19H,4-16H2,1-3H3,(H2,23,24,25). The summed E-state index contributed by atoms with van der Waals surface area (Å²) in [5.74, 6) is 2.66. The molecular weight excluding hydrogens is 394 g/mol. The Bertz CT molecular complexity index is 738. The van der Waals surface area contributed by atoms with Gasteiger partial charge in [0.05, 0.1) is 19.3 Å². The van der Waals surface area contributed by atoms with E-state index in [9.17, 15) is 0 Å². The third-order valence-electron chi connectivity index (χ3n) is 7.38. The van der Waals surface area contributed by atoms with Crippen molar-refractivity contribution in [3.63, 3.8) is 0 Å². The van der Waals surface area contributed by atoms with Gasteiger partial charge in [-0.25, -0.2) is 4.99 Å². The van der Waals surface area contributed by atoms with Crippen LogP contribution in [-0.4, -0.2) is 83.8 Å². The monoisotopic (exact) mass is 433 g/mol. The molecular formula is C22H39N7O2. The van der Waals surface area contributed by atoms with E-state index < -0.39 is 0 Å². The van der Waals surface area contributed by atoms with Crippen molar-refractivity contribution >= 4 is 5.96 Å². The van der Waals surface area contributed by atoms with Gasteiger partial charge in [0.15, 0.2) is 11.8 Å². The maximum Gasteiger partial charge on any atom is 0.191 e. The highest BCUT2D eigenvalue weighted by Gasteiger charge is 2.57. The van der Waals surface area contributed by atoms with Crippen molar-refractivity contribution in [3.8, 4) is 0 Å². The molecule has 2 unspecified atom stereocenters. The lowest BCUT2D eigenvalue weighted by Crippen LogP contribution is -2.65. The fourth-order valence-electron chi connectivity index (χ4n) is 5.30. The molecule has 2 atom stereocenters. The molecule has 2 aliphatic carbocycles. The number of hydrogen-bond acceptors (Lipinski definition) is 6. The van der Waals surface area contributed by atoms with Crippen LogP contribution in [0.25, 0.3) is 0 Å². The second-order valence-corrected chi connectivity index (χ2v) is 9.08. The molecule has 1 aromatic heterocycles. The number of aryl methyl sites for hydroxylation is 1. The molecule has 0 amide bonds. The highest BCUT2D eigenvalue weighted by Crippen LogP contribution is 2.54. The molecule has 1 aromatic rings. The molecule has 2 saturated carbocycles. The van der Waals surface area contributed by atoms with Gasteiger partial charge < -0.3 is 24.7 Å². The van der Waals surface area contributed by atoms with E-state index in [0.717, 1.165) is 70.0 Å². The van der Waals surface area contributed by atoms with E-state index in [1.807, 2.05) is 18.5 Å². The summed E-state index contributed by atoms with van der Waals surface area (Å²) in [4.78, 5) is 7.32. The largest absolute Gasteiger partial charge is 0.379 e. The molecule has 9 heteroatoms. The maximum atomic E-state index is 6.10. The molecule has 2 heterocycles. The summed E-state index contributed by atoms with van der Waals surface area (Å²) in [5, 5.41) is 15.8. The van der Waals surface area contributed by atoms with Gasteiger partial charge in [-0.3, -0.25) is 4.90 Å². The van der Waals surface area contributed by atoms with Gasteiger partial charge in [-0.05, 0) is 33.1 Å². The van der Waals surface area contributed by atoms with Crippen molar-refractivity contribution in [1.29, 1.82) is 0 Å². The minimum atomic E-state index is 0.268. The number of nitrogens with one attached hydrogen (secondary N) is 2. The van der Waals surface area contributed by atoms with Gasteiger partial charge in [-0.2, -0.15) is 0 Å². The third-order valence-corrected chi connectivity index (χ3v) is 7.38. The van der Waals surface area contributed by atoms with E-state index in [0.29, 0.717) is 18.7 Å². The first kappa shape index (κ1) is 22.5. The molecule has 3 aliphatic rings. The van der Waals surface area contributed by atoms with E-state index >= 15 is 0 Å². The molecule has 1 saturated heterocycles. The molecule has 4 rings (SSSR count). The number of guanidine groups is 1. The number of morpholine rings is 1. The molecule has 0 aromatic carbocycles. The van der Waals surface area contributed by atoms with Crippen molar-refractivity contribution in [2.75, 3.05) is 46.0 Å². The van der Waals surface area contributed by atoms with Gasteiger partial charge in [0.1, 0.15) is 12.4 Å². The summed E-state index contributed by atoms with van der Waals surface area (Å²) in [6.45, 7) is 10.9. The second kappa shape index (κ2) is 10.3. The highest BCUT2D eigenvalue weighted by molar-refractivity contribution is 5.80. The third kappa shape index (κ3) is 5.04. The fourth-order valence-corrected chi connectivity index (χ4v) is 5.30. The summed E-state index contributed by atoms with van der Waals surface area (Å²) >= 11 is 0. The minimum Gasteiger partial charge on any atom is -0.379 e. The van der Waals surface area contributed by atoms with Crippen molar-refractivity contribution in [3.05, 3.63) is 11.6 Å². The summed E-state index contributed by atoms with van der Waals surface area (Å²) in [7, 11) is 1.99. The van der Waals surface area contributed by atoms with Crippen LogP contribution in [0.4, 0.5) is 0 Å². The molecule has 2 N–H and O–H groups in total. The van der Waals surface area contributed by atoms with Crippen LogP contribution in [0.15, 0.2) is 4.99 Å². The number of rotatable bonds is 8. The smallest absolute Gasteiger partial charge is 0.191 e. The quantitative estimate of drug-likeness (QED) is 0.471. The van der Waals surface area contributed by atoms with Gasteiger partial charge in [0, 0.05) is 51.3 Å². The van der Waals surface area contributed by atoms with Crippen LogP contribution in [0.2, 0.25) is 0 Å². The molecule has 1 spiro atoms. The Labute approximate surface area is 186 Å². The summed E-state index contributed by atoms with van der Waals surface area (Å²) in [6.07, 6.45) is 6.54. The van der Waals surface area contributed by atoms with E-state index in [4.69, 9.17) is 14.5 Å². The maximum absolute atomic E-state index is 6.10. The SMILES string of the molecule is CCOC1CC(NC(=NCc2nnc(C)n2C)NCCN2CCOCC2)C12CCCC2. The van der Waals surface area contributed by atoms with E-state index in [1.54, 1.807) is 0 Å². The normalized spacial score (nSPS) is 26.2. The zero-order chi connectivity index (χ0) is 21.7. The van der Waals surface area contributed by atoms with Crippen LogP contribution in [0, 0.1) is 12.3 Å². The first-order valence-electron chi connectivity index (χ1n) is 11.9. The van der Waals surface area contributed by atoms with E-state index in [2.05, 4.69) is 32.7 Å². The predicted octanol–water partition coefficient (Wildman–Crippen LogP) is 1.23. The van der Waals surface area contributed by atoms with Crippen LogP contribution >= 0.6 is 0 Å². The Morgan fingerprint density at radius 2 is 2.03 bits per heavy atom. The van der Waals surface area contributed by atoms with Crippen LogP contribution in [-0.2, 0) is 23.1 Å². The van der Waals surface area contributed by atoms with Gasteiger partial charge in [-0.15, -0.1) is 10.2 Å². The van der Waals surface area contributed by atoms with Crippen molar-refractivity contribution < 1.29 is 9.47 Å². The van der Waals surface area contributed by atoms with E-state index in [1.165, 1.54) is 25.7 Å². The average Bonchev–Trinajstić information content (AvgIpc) is 3.42. The first-order valence-corrected chi connectivity index (χ1v) is 11.9. The topological polar surface area (TPSA) is 88.8 Å². The zero-order valence-corrected chi connectivity index (χ0v) is 19.4. The molecule has 31 heavy (non-hydrogen) atoms. The summed E-state index contributed by atoms with van der Waals surface area (Å²) in [5.41, 5.74) is 0.268. The fraction of sp³-hybridized carbons (Fsp3) is 0.864. The number of aromatic nitrogens is 3. The molecule has 1 aliphatic heterocycles. The second-order valence-electron chi connectivity index (χ2n) is 9.08. The molecule has 9 nitrogen and oxygen atoms in total. The Balaban J connectivity index is 1.40. The lowest BCUT2D eigenvalue weighted by molar-refractivity contribution is -0.125. The van der Waals surface area contributed by atoms with Gasteiger partial charge >= 0.3 is 0 Å². The Morgan fingerprint density at radius 3 is 2.71 bits per heavy atom. The summed E-state index contributed by atoms with van der Waals surface area (Å²) in [6, 6.07) is 0.419. The molecule has 174 valence electrons. The Kier molecular flexibility index (Phi) is 7.45. The molecule has 3 fully saturated rings. The Morgan fingerprint density at radius 1 is 1.26 bits per heavy atom. The Hall–Kier alpha value is -1.71. The predicted molar refractivity (Wildman–Crippen MR) is 120 cm³/mol. The molecule has 0 radical (unpaired) electrons. The van der Waals surface area contributed by atoms with E-state index in [-0.39, 0.29) is 5.41 Å². The van der Waals surface area contributed by atoms with Crippen LogP contribution in [0.3, 0.4) is 0 Å². The highest BCUT2D eigenvalue weighted by atomic mass is 16.5. The van der Waals surface area contributed by atoms with Gasteiger partial charge in [0.2, 0.25) is 0 Å². The number of hydrogen-bond donors (Lipinski definition) is 2. The van der Waals surface area contributed by atoms with Crippen LogP contribution in [0.1, 0.15) is 50.7 Å². The minimum absolute atomic E-state index is 0.268. The van der Waals surface area contributed by atoms with Gasteiger partial charge in [-0.1, -0.05) is 12.8 Å². The summed E-state index contributed by atoms with van der Waals surface area (Å²) < 4.78 is 13.6. The van der Waals surface area contributed by atoms with Crippen molar-refractivity contribution in [2.24, 2.45) is 17.5 Å². The number of ether oxygens (including phenoxy) is 2.